The molecule has 1 aliphatic rings. The van der Waals surface area contributed by atoms with Crippen molar-refractivity contribution in [1.82, 2.24) is 4.31 Å². The van der Waals surface area contributed by atoms with E-state index in [1.165, 1.54) is 17.4 Å². The number of sulfonamides is 1. The van der Waals surface area contributed by atoms with Gasteiger partial charge in [-0.25, -0.2) is 17.1 Å². The van der Waals surface area contributed by atoms with E-state index >= 15 is 0 Å². The van der Waals surface area contributed by atoms with Crippen LogP contribution >= 0.6 is 23.2 Å². The molecule has 0 heterocycles. The Morgan fingerprint density at radius 2 is 1.95 bits per heavy atom. The molecule has 0 radical (unpaired) electrons. The van der Waals surface area contributed by atoms with Crippen molar-refractivity contribution in [2.75, 3.05) is 13.6 Å². The highest BCUT2D eigenvalue weighted by atomic mass is 35.5. The Morgan fingerprint density at radius 3 is 2.52 bits per heavy atom. The topological polar surface area (TPSA) is 37.4 Å². The first-order chi connectivity index (χ1) is 9.86. The largest absolute Gasteiger partial charge is 0.242 e. The van der Waals surface area contributed by atoms with Gasteiger partial charge in [0.25, 0.3) is 0 Å². The summed E-state index contributed by atoms with van der Waals surface area (Å²) >= 11 is 11.4. The Morgan fingerprint density at radius 1 is 1.33 bits per heavy atom. The molecule has 0 amide bonds. The lowest BCUT2D eigenvalue weighted by molar-refractivity contribution is 0.387. The molecule has 0 unspecified atom stereocenters. The molecule has 3 nitrogen and oxygen atoms in total. The molecule has 0 N–H and O–H groups in total. The molecule has 0 aliphatic heterocycles. The van der Waals surface area contributed by atoms with Gasteiger partial charge < -0.3 is 0 Å². The average Bonchev–Trinajstić information content (AvgIpc) is 2.94. The minimum atomic E-state index is -3.72. The van der Waals surface area contributed by atoms with Gasteiger partial charge in [-0.2, -0.15) is 0 Å². The highest BCUT2D eigenvalue weighted by molar-refractivity contribution is 7.89. The van der Waals surface area contributed by atoms with Crippen molar-refractivity contribution < 1.29 is 12.8 Å². The van der Waals surface area contributed by atoms with Crippen LogP contribution in [0.3, 0.4) is 0 Å². The zero-order valence-corrected chi connectivity index (χ0v) is 14.1. The van der Waals surface area contributed by atoms with Crippen LogP contribution in [0.1, 0.15) is 31.2 Å². The molecule has 1 fully saturated rings. The number of alkyl halides is 1. The maximum absolute atomic E-state index is 13.8. The van der Waals surface area contributed by atoms with Crippen molar-refractivity contribution >= 4 is 33.2 Å². The predicted octanol–water partition coefficient (Wildman–Crippen LogP) is 4.03. The van der Waals surface area contributed by atoms with Crippen LogP contribution in [0.15, 0.2) is 17.0 Å². The van der Waals surface area contributed by atoms with Gasteiger partial charge in [0.2, 0.25) is 10.0 Å². The highest BCUT2D eigenvalue weighted by Crippen LogP contribution is 2.29. The molecular weight excluding hydrogens is 336 g/mol. The quantitative estimate of drug-likeness (QED) is 0.749. The Hall–Kier alpha value is -0.360. The molecule has 1 aliphatic carbocycles. The first-order valence-corrected chi connectivity index (χ1v) is 9.21. The smallest absolute Gasteiger partial charge is 0.207 e. The Kier molecular flexibility index (Phi) is 5.52. The molecule has 7 heteroatoms. The Bertz CT molecular complexity index is 616. The van der Waals surface area contributed by atoms with Crippen molar-refractivity contribution in [2.24, 2.45) is 5.92 Å². The van der Waals surface area contributed by atoms with E-state index in [0.29, 0.717) is 12.5 Å². The summed E-state index contributed by atoms with van der Waals surface area (Å²) in [4.78, 5) is -0.0967. The zero-order chi connectivity index (χ0) is 15.6. The van der Waals surface area contributed by atoms with Crippen molar-refractivity contribution in [3.63, 3.8) is 0 Å². The number of benzene rings is 1. The number of hydrogen-bond donors (Lipinski definition) is 0. The van der Waals surface area contributed by atoms with Crippen LogP contribution in [0.5, 0.6) is 0 Å². The van der Waals surface area contributed by atoms with Gasteiger partial charge in [0, 0.05) is 19.5 Å². The van der Waals surface area contributed by atoms with E-state index in [1.807, 2.05) is 0 Å². The second-order valence-corrected chi connectivity index (χ2v) is 8.14. The second-order valence-electron chi connectivity index (χ2n) is 5.45. The van der Waals surface area contributed by atoms with E-state index in [4.69, 9.17) is 23.2 Å². The standard InChI is InChI=1S/C14H18Cl2FNO2S/c1-18(9-10-4-2-3-5-10)21(19,20)12-6-11(8-15)14(16)13(17)7-12/h6-7,10H,2-5,8-9H2,1H3. The van der Waals surface area contributed by atoms with Crippen LogP contribution < -0.4 is 0 Å². The van der Waals surface area contributed by atoms with Gasteiger partial charge in [-0.15, -0.1) is 11.6 Å². The highest BCUT2D eigenvalue weighted by Gasteiger charge is 2.27. The predicted molar refractivity (Wildman–Crippen MR) is 82.7 cm³/mol. The summed E-state index contributed by atoms with van der Waals surface area (Å²) in [6, 6.07) is 2.30. The van der Waals surface area contributed by atoms with E-state index in [1.54, 1.807) is 0 Å². The van der Waals surface area contributed by atoms with Gasteiger partial charge in [-0.1, -0.05) is 24.4 Å². The fourth-order valence-electron chi connectivity index (χ4n) is 2.70. The first kappa shape index (κ1) is 17.0. The third kappa shape index (κ3) is 3.70. The fourth-order valence-corrected chi connectivity index (χ4v) is 4.46. The van der Waals surface area contributed by atoms with E-state index in [-0.39, 0.29) is 21.4 Å². The molecule has 21 heavy (non-hydrogen) atoms. The van der Waals surface area contributed by atoms with Crippen LogP contribution in [0.4, 0.5) is 4.39 Å². The maximum Gasteiger partial charge on any atom is 0.242 e. The molecular formula is C14H18Cl2FNO2S. The molecule has 0 aromatic heterocycles. The summed E-state index contributed by atoms with van der Waals surface area (Å²) in [7, 11) is -2.19. The number of rotatable bonds is 5. The maximum atomic E-state index is 13.8. The lowest BCUT2D eigenvalue weighted by Gasteiger charge is -2.21. The zero-order valence-electron chi connectivity index (χ0n) is 11.8. The normalized spacial score (nSPS) is 16.8. The van der Waals surface area contributed by atoms with Gasteiger partial charge in [0.15, 0.2) is 0 Å². The van der Waals surface area contributed by atoms with Gasteiger partial charge in [-0.05, 0) is 36.5 Å². The summed E-state index contributed by atoms with van der Waals surface area (Å²) in [6.07, 6.45) is 4.37. The van der Waals surface area contributed by atoms with Crippen molar-refractivity contribution in [2.45, 2.75) is 36.5 Å². The number of hydrogen-bond acceptors (Lipinski definition) is 2. The van der Waals surface area contributed by atoms with E-state index < -0.39 is 15.8 Å². The molecule has 1 saturated carbocycles. The summed E-state index contributed by atoms with van der Waals surface area (Å²) < 4.78 is 40.1. The van der Waals surface area contributed by atoms with Crippen molar-refractivity contribution in [3.05, 3.63) is 28.5 Å². The Balaban J connectivity index is 2.27. The molecule has 0 atom stereocenters. The summed E-state index contributed by atoms with van der Waals surface area (Å²) in [6.45, 7) is 0.461. The summed E-state index contributed by atoms with van der Waals surface area (Å²) in [5.74, 6) is -0.414. The minimum Gasteiger partial charge on any atom is -0.207 e. The Labute approximate surface area is 135 Å². The lowest BCUT2D eigenvalue weighted by atomic mass is 10.1. The molecule has 0 saturated heterocycles. The molecule has 1 aromatic carbocycles. The fraction of sp³-hybridized carbons (Fsp3) is 0.571. The third-order valence-corrected chi connectivity index (χ3v) is 6.43. The van der Waals surface area contributed by atoms with Gasteiger partial charge in [0.05, 0.1) is 9.92 Å². The van der Waals surface area contributed by atoms with E-state index in [0.717, 1.165) is 31.7 Å². The second kappa shape index (κ2) is 6.82. The summed E-state index contributed by atoms with van der Waals surface area (Å²) in [5, 5.41) is -0.123. The lowest BCUT2D eigenvalue weighted by Crippen LogP contribution is -2.31. The molecule has 2 rings (SSSR count). The molecule has 118 valence electrons. The molecule has 0 bridgehead atoms. The van der Waals surface area contributed by atoms with E-state index in [9.17, 15) is 12.8 Å². The van der Waals surface area contributed by atoms with Gasteiger partial charge in [-0.3, -0.25) is 0 Å². The monoisotopic (exact) mass is 353 g/mol. The summed E-state index contributed by atoms with van der Waals surface area (Å²) in [5.41, 5.74) is 0.283. The molecule has 0 spiro atoms. The van der Waals surface area contributed by atoms with Crippen LogP contribution in [0, 0.1) is 11.7 Å². The van der Waals surface area contributed by atoms with Gasteiger partial charge >= 0.3 is 0 Å². The SMILES string of the molecule is CN(CC1CCCC1)S(=O)(=O)c1cc(F)c(Cl)c(CCl)c1. The minimum absolute atomic E-state index is 0.0363. The number of halogens is 3. The molecule has 1 aromatic rings. The van der Waals surface area contributed by atoms with Gasteiger partial charge in [0.1, 0.15) is 5.82 Å². The van der Waals surface area contributed by atoms with Crippen LogP contribution in [-0.4, -0.2) is 26.3 Å². The van der Waals surface area contributed by atoms with Crippen molar-refractivity contribution in [3.8, 4) is 0 Å². The number of nitrogens with zero attached hydrogens (tertiary/aromatic N) is 1. The van der Waals surface area contributed by atoms with Crippen LogP contribution in [0.25, 0.3) is 0 Å². The van der Waals surface area contributed by atoms with Crippen molar-refractivity contribution in [1.29, 1.82) is 0 Å². The van der Waals surface area contributed by atoms with Crippen LogP contribution in [0.2, 0.25) is 5.02 Å². The van der Waals surface area contributed by atoms with Crippen LogP contribution in [-0.2, 0) is 15.9 Å². The van der Waals surface area contributed by atoms with E-state index in [2.05, 4.69) is 0 Å². The average molecular weight is 354 g/mol. The first-order valence-electron chi connectivity index (χ1n) is 6.86. The third-order valence-electron chi connectivity index (χ3n) is 3.92.